The standard InChI is InChI=1S/C16H12Br2FNS/c1-20-15(10-5-3-6-12(17)14(10)19)11-8-21-16-9(11)4-2-7-13(16)18/h2-8,15,20H,1H3. The van der Waals surface area contributed by atoms with Gasteiger partial charge in [-0.2, -0.15) is 0 Å². The molecule has 21 heavy (non-hydrogen) atoms. The predicted molar refractivity (Wildman–Crippen MR) is 94.5 cm³/mol. The van der Waals surface area contributed by atoms with Crippen LogP contribution in [0.25, 0.3) is 10.1 Å². The predicted octanol–water partition coefficient (Wildman–Crippen LogP) is 5.87. The molecule has 0 radical (unpaired) electrons. The first-order chi connectivity index (χ1) is 10.1. The molecule has 5 heteroatoms. The van der Waals surface area contributed by atoms with Crippen molar-refractivity contribution >= 4 is 53.3 Å². The zero-order valence-electron chi connectivity index (χ0n) is 11.2. The largest absolute Gasteiger partial charge is 0.309 e. The Balaban J connectivity index is 2.19. The first-order valence-electron chi connectivity index (χ1n) is 6.40. The molecule has 1 heterocycles. The van der Waals surface area contributed by atoms with Gasteiger partial charge in [0.05, 0.1) is 10.5 Å². The van der Waals surface area contributed by atoms with Gasteiger partial charge in [0.2, 0.25) is 0 Å². The van der Waals surface area contributed by atoms with Gasteiger partial charge < -0.3 is 5.32 Å². The molecule has 1 aromatic heterocycles. The number of thiophene rings is 1. The zero-order valence-corrected chi connectivity index (χ0v) is 15.1. The van der Waals surface area contributed by atoms with E-state index in [1.165, 1.54) is 4.70 Å². The van der Waals surface area contributed by atoms with E-state index in [0.29, 0.717) is 10.0 Å². The van der Waals surface area contributed by atoms with Gasteiger partial charge in [0.25, 0.3) is 0 Å². The molecule has 0 amide bonds. The summed E-state index contributed by atoms with van der Waals surface area (Å²) >= 11 is 8.50. The van der Waals surface area contributed by atoms with E-state index in [1.807, 2.05) is 31.3 Å². The minimum absolute atomic E-state index is 0.175. The normalized spacial score (nSPS) is 12.8. The van der Waals surface area contributed by atoms with E-state index < -0.39 is 0 Å². The molecule has 0 saturated heterocycles. The fourth-order valence-corrected chi connectivity index (χ4v) is 4.52. The van der Waals surface area contributed by atoms with Crippen LogP contribution in [0.4, 0.5) is 4.39 Å². The molecule has 0 aliphatic heterocycles. The van der Waals surface area contributed by atoms with Crippen molar-refractivity contribution in [2.45, 2.75) is 6.04 Å². The fraction of sp³-hybridized carbons (Fsp3) is 0.125. The number of hydrogen-bond acceptors (Lipinski definition) is 2. The van der Waals surface area contributed by atoms with Crippen LogP contribution in [0.15, 0.2) is 50.7 Å². The van der Waals surface area contributed by atoms with E-state index in [1.54, 1.807) is 17.4 Å². The molecule has 3 aromatic rings. The van der Waals surface area contributed by atoms with Crippen molar-refractivity contribution in [2.75, 3.05) is 7.05 Å². The molecule has 0 spiro atoms. The van der Waals surface area contributed by atoms with Crippen LogP contribution in [0.5, 0.6) is 0 Å². The monoisotopic (exact) mass is 427 g/mol. The lowest BCUT2D eigenvalue weighted by atomic mass is 9.98. The number of nitrogens with one attached hydrogen (secondary N) is 1. The summed E-state index contributed by atoms with van der Waals surface area (Å²) in [6.07, 6.45) is 0. The third-order valence-corrected chi connectivity index (χ3v) is 6.06. The van der Waals surface area contributed by atoms with Crippen molar-refractivity contribution in [3.8, 4) is 0 Å². The lowest BCUT2D eigenvalue weighted by Gasteiger charge is -2.18. The lowest BCUT2D eigenvalue weighted by Crippen LogP contribution is -2.18. The van der Waals surface area contributed by atoms with Gasteiger partial charge in [0.15, 0.2) is 0 Å². The average molecular weight is 429 g/mol. The van der Waals surface area contributed by atoms with Crippen LogP contribution in [0.2, 0.25) is 0 Å². The molecule has 0 aliphatic rings. The van der Waals surface area contributed by atoms with Gasteiger partial charge in [0.1, 0.15) is 5.82 Å². The summed E-state index contributed by atoms with van der Waals surface area (Å²) in [6.45, 7) is 0. The second kappa shape index (κ2) is 6.16. The van der Waals surface area contributed by atoms with E-state index >= 15 is 0 Å². The average Bonchev–Trinajstić information content (AvgIpc) is 2.90. The van der Waals surface area contributed by atoms with Crippen molar-refractivity contribution < 1.29 is 4.39 Å². The Bertz CT molecular complexity index is 800. The lowest BCUT2D eigenvalue weighted by molar-refractivity contribution is 0.572. The molecule has 108 valence electrons. The number of benzene rings is 2. The van der Waals surface area contributed by atoms with Gasteiger partial charge >= 0.3 is 0 Å². The molecule has 0 saturated carbocycles. The minimum atomic E-state index is -0.216. The Kier molecular flexibility index (Phi) is 4.45. The molecular formula is C16H12Br2FNS. The van der Waals surface area contributed by atoms with Gasteiger partial charge in [-0.05, 0) is 67.4 Å². The van der Waals surface area contributed by atoms with Gasteiger partial charge in [-0.15, -0.1) is 11.3 Å². The number of halogens is 3. The summed E-state index contributed by atoms with van der Waals surface area (Å²) in [5, 5.41) is 6.47. The van der Waals surface area contributed by atoms with Crippen LogP contribution < -0.4 is 5.32 Å². The van der Waals surface area contributed by atoms with Gasteiger partial charge in [0, 0.05) is 14.7 Å². The maximum atomic E-state index is 14.4. The Morgan fingerprint density at radius 2 is 1.76 bits per heavy atom. The molecule has 2 aromatic carbocycles. The highest BCUT2D eigenvalue weighted by Gasteiger charge is 2.21. The summed E-state index contributed by atoms with van der Waals surface area (Å²) < 4.78 is 17.2. The van der Waals surface area contributed by atoms with Crippen LogP contribution in [-0.2, 0) is 0 Å². The molecule has 3 rings (SSSR count). The van der Waals surface area contributed by atoms with Crippen molar-refractivity contribution in [2.24, 2.45) is 0 Å². The first-order valence-corrected chi connectivity index (χ1v) is 8.87. The van der Waals surface area contributed by atoms with Gasteiger partial charge in [-0.3, -0.25) is 0 Å². The van der Waals surface area contributed by atoms with E-state index in [-0.39, 0.29) is 11.9 Å². The minimum Gasteiger partial charge on any atom is -0.309 e. The topological polar surface area (TPSA) is 12.0 Å². The number of fused-ring (bicyclic) bond motifs is 1. The molecule has 1 atom stereocenters. The SMILES string of the molecule is CNC(c1cccc(Br)c1F)c1csc2c(Br)cccc12. The van der Waals surface area contributed by atoms with Gasteiger partial charge in [-0.1, -0.05) is 24.3 Å². The number of hydrogen-bond donors (Lipinski definition) is 1. The third-order valence-electron chi connectivity index (χ3n) is 3.47. The fourth-order valence-electron chi connectivity index (χ4n) is 2.49. The molecule has 0 fully saturated rings. The number of rotatable bonds is 3. The van der Waals surface area contributed by atoms with E-state index in [0.717, 1.165) is 15.4 Å². The van der Waals surface area contributed by atoms with Crippen molar-refractivity contribution in [1.29, 1.82) is 0 Å². The van der Waals surface area contributed by atoms with Crippen LogP contribution in [0.3, 0.4) is 0 Å². The van der Waals surface area contributed by atoms with Crippen molar-refractivity contribution in [1.82, 2.24) is 5.32 Å². The summed E-state index contributed by atoms with van der Waals surface area (Å²) in [5.74, 6) is -0.216. The third kappa shape index (κ3) is 2.68. The van der Waals surface area contributed by atoms with E-state index in [9.17, 15) is 4.39 Å². The second-order valence-corrected chi connectivity index (χ2v) is 7.26. The summed E-state index contributed by atoms with van der Waals surface area (Å²) in [5.41, 5.74) is 1.74. The maximum Gasteiger partial charge on any atom is 0.142 e. The summed E-state index contributed by atoms with van der Waals surface area (Å²) in [6, 6.07) is 11.3. The summed E-state index contributed by atoms with van der Waals surface area (Å²) in [4.78, 5) is 0. The Labute approximate surface area is 143 Å². The maximum absolute atomic E-state index is 14.4. The van der Waals surface area contributed by atoms with E-state index in [4.69, 9.17) is 0 Å². The molecule has 0 bridgehead atoms. The highest BCUT2D eigenvalue weighted by Crippen LogP contribution is 2.38. The van der Waals surface area contributed by atoms with Crippen LogP contribution in [-0.4, -0.2) is 7.05 Å². The van der Waals surface area contributed by atoms with Crippen LogP contribution in [0.1, 0.15) is 17.2 Å². The Morgan fingerprint density at radius 3 is 2.52 bits per heavy atom. The highest BCUT2D eigenvalue weighted by atomic mass is 79.9. The quantitative estimate of drug-likeness (QED) is 0.549. The van der Waals surface area contributed by atoms with Crippen molar-refractivity contribution in [3.63, 3.8) is 0 Å². The Hall–Kier alpha value is -0.750. The molecule has 1 N–H and O–H groups in total. The molecular weight excluding hydrogens is 417 g/mol. The molecule has 0 aliphatic carbocycles. The van der Waals surface area contributed by atoms with Gasteiger partial charge in [-0.25, -0.2) is 4.39 Å². The zero-order chi connectivity index (χ0) is 15.0. The Morgan fingerprint density at radius 1 is 1.05 bits per heavy atom. The second-order valence-electron chi connectivity index (χ2n) is 4.67. The smallest absolute Gasteiger partial charge is 0.142 e. The van der Waals surface area contributed by atoms with Crippen LogP contribution in [0, 0.1) is 5.82 Å². The van der Waals surface area contributed by atoms with E-state index in [2.05, 4.69) is 48.6 Å². The highest BCUT2D eigenvalue weighted by molar-refractivity contribution is 9.11. The van der Waals surface area contributed by atoms with Crippen LogP contribution >= 0.6 is 43.2 Å². The summed E-state index contributed by atoms with van der Waals surface area (Å²) in [7, 11) is 1.85. The first kappa shape index (κ1) is 15.2. The van der Waals surface area contributed by atoms with Crippen molar-refractivity contribution in [3.05, 3.63) is 67.7 Å². The molecule has 1 unspecified atom stereocenters. The molecule has 1 nitrogen and oxygen atoms in total.